The molecule has 0 bridgehead atoms. The van der Waals surface area contributed by atoms with Gasteiger partial charge in [-0.15, -0.1) is 0 Å². The van der Waals surface area contributed by atoms with Crippen LogP contribution in [0.25, 0.3) is 0 Å². The lowest BCUT2D eigenvalue weighted by molar-refractivity contribution is -0.147. The van der Waals surface area contributed by atoms with Gasteiger partial charge in [-0.25, -0.2) is 9.59 Å². The Kier molecular flexibility index (Phi) is 8.19. The first-order valence-electron chi connectivity index (χ1n) is 5.76. The molecule has 0 saturated carbocycles. The van der Waals surface area contributed by atoms with Gasteiger partial charge in [-0.1, -0.05) is 6.58 Å². The molecule has 19 heavy (non-hydrogen) atoms. The number of ether oxygens (including phenoxy) is 2. The Morgan fingerprint density at radius 1 is 1.26 bits per heavy atom. The van der Waals surface area contributed by atoms with Crippen LogP contribution in [0.1, 0.15) is 26.2 Å². The first-order chi connectivity index (χ1) is 8.84. The van der Waals surface area contributed by atoms with Crippen LogP contribution in [0.4, 0.5) is 0 Å². The molecule has 1 rings (SSSR count). The van der Waals surface area contributed by atoms with Crippen LogP contribution in [0.3, 0.4) is 0 Å². The molecular weight excluding hydrogens is 256 g/mol. The Morgan fingerprint density at radius 2 is 1.74 bits per heavy atom. The molecule has 1 unspecified atom stereocenters. The largest absolute Gasteiger partial charge is 0.479 e. The van der Waals surface area contributed by atoms with Crippen molar-refractivity contribution in [1.29, 1.82) is 0 Å². The molecule has 0 aromatic rings. The fourth-order valence-corrected chi connectivity index (χ4v) is 0.954. The smallest absolute Gasteiger partial charge is 0.333 e. The second-order valence-electron chi connectivity index (χ2n) is 3.86. The molecule has 1 fully saturated rings. The molecule has 0 aromatic carbocycles. The summed E-state index contributed by atoms with van der Waals surface area (Å²) < 4.78 is 9.66. The highest BCUT2D eigenvalue weighted by molar-refractivity contribution is 5.93. The maximum Gasteiger partial charge on any atom is 0.333 e. The molecular formula is C12H18O7. The highest BCUT2D eigenvalue weighted by Gasteiger charge is 2.15. The van der Waals surface area contributed by atoms with Gasteiger partial charge in [0, 0.05) is 5.57 Å². The van der Waals surface area contributed by atoms with Gasteiger partial charge in [0.05, 0.1) is 19.6 Å². The summed E-state index contributed by atoms with van der Waals surface area (Å²) >= 11 is 0. The van der Waals surface area contributed by atoms with E-state index in [-0.39, 0.29) is 12.0 Å². The Morgan fingerprint density at radius 3 is 2.21 bits per heavy atom. The van der Waals surface area contributed by atoms with Crippen molar-refractivity contribution in [2.75, 3.05) is 13.2 Å². The van der Waals surface area contributed by atoms with E-state index in [4.69, 9.17) is 19.7 Å². The molecule has 7 nitrogen and oxygen atoms in total. The zero-order valence-corrected chi connectivity index (χ0v) is 10.8. The van der Waals surface area contributed by atoms with Crippen molar-refractivity contribution in [1.82, 2.24) is 0 Å². The van der Waals surface area contributed by atoms with Crippen LogP contribution >= 0.6 is 0 Å². The van der Waals surface area contributed by atoms with Gasteiger partial charge in [0.15, 0.2) is 0 Å². The van der Waals surface area contributed by atoms with Crippen LogP contribution in [0.5, 0.6) is 0 Å². The lowest BCUT2D eigenvalue weighted by atomic mass is 10.2. The van der Waals surface area contributed by atoms with E-state index in [0.717, 1.165) is 6.42 Å². The average Bonchev–Trinajstić information content (AvgIpc) is 2.33. The zero-order chi connectivity index (χ0) is 14.8. The molecule has 0 radical (unpaired) electrons. The molecule has 1 aliphatic heterocycles. The third kappa shape index (κ3) is 8.78. The van der Waals surface area contributed by atoms with E-state index in [1.807, 2.05) is 0 Å². The third-order valence-electron chi connectivity index (χ3n) is 2.04. The number of aliphatic hydroxyl groups excluding tert-OH is 1. The number of carbonyl (C=O) groups excluding carboxylic acids is 2. The zero-order valence-electron chi connectivity index (χ0n) is 10.8. The van der Waals surface area contributed by atoms with E-state index in [2.05, 4.69) is 6.58 Å². The summed E-state index contributed by atoms with van der Waals surface area (Å²) in [4.78, 5) is 31.5. The summed E-state index contributed by atoms with van der Waals surface area (Å²) in [5, 5.41) is 15.8. The van der Waals surface area contributed by atoms with E-state index in [0.29, 0.717) is 19.6 Å². The summed E-state index contributed by atoms with van der Waals surface area (Å²) in [6.45, 7) is 5.40. The van der Waals surface area contributed by atoms with Crippen molar-refractivity contribution < 1.29 is 34.1 Å². The summed E-state index contributed by atoms with van der Waals surface area (Å²) in [5.74, 6) is -2.10. The van der Waals surface area contributed by atoms with Crippen LogP contribution in [0, 0.1) is 0 Å². The molecule has 0 aromatic heterocycles. The van der Waals surface area contributed by atoms with Gasteiger partial charge < -0.3 is 19.7 Å². The molecule has 1 atom stereocenters. The number of carboxylic acid groups (broad SMARTS) is 1. The predicted molar refractivity (Wildman–Crippen MR) is 64.2 cm³/mol. The van der Waals surface area contributed by atoms with Crippen molar-refractivity contribution in [3.05, 3.63) is 12.2 Å². The fourth-order valence-electron chi connectivity index (χ4n) is 0.954. The van der Waals surface area contributed by atoms with Gasteiger partial charge in [-0.3, -0.25) is 4.79 Å². The fraction of sp³-hybridized carbons (Fsp3) is 0.583. The number of carbonyl (C=O) groups is 3. The first-order valence-corrected chi connectivity index (χ1v) is 5.76. The van der Waals surface area contributed by atoms with E-state index in [9.17, 15) is 14.4 Å². The summed E-state index contributed by atoms with van der Waals surface area (Å²) in [7, 11) is 0. The molecule has 108 valence electrons. The average molecular weight is 274 g/mol. The van der Waals surface area contributed by atoms with Gasteiger partial charge in [0.25, 0.3) is 0 Å². The topological polar surface area (TPSA) is 110 Å². The summed E-state index contributed by atoms with van der Waals surface area (Å²) in [5.41, 5.74) is 0.159. The normalized spacial score (nSPS) is 18.3. The van der Waals surface area contributed by atoms with Crippen molar-refractivity contribution in [2.45, 2.75) is 32.3 Å². The van der Waals surface area contributed by atoms with E-state index >= 15 is 0 Å². The van der Waals surface area contributed by atoms with E-state index < -0.39 is 24.0 Å². The van der Waals surface area contributed by atoms with Crippen LogP contribution in [-0.4, -0.2) is 47.4 Å². The number of esters is 2. The maximum atomic E-state index is 11.0. The van der Waals surface area contributed by atoms with Gasteiger partial charge in [0.1, 0.15) is 6.10 Å². The van der Waals surface area contributed by atoms with Crippen LogP contribution < -0.4 is 0 Å². The third-order valence-corrected chi connectivity index (χ3v) is 2.04. The van der Waals surface area contributed by atoms with Gasteiger partial charge >= 0.3 is 17.9 Å². The molecule has 0 aliphatic carbocycles. The van der Waals surface area contributed by atoms with Crippen molar-refractivity contribution in [2.24, 2.45) is 0 Å². The van der Waals surface area contributed by atoms with Gasteiger partial charge in [0.2, 0.25) is 0 Å². The number of aliphatic carboxylic acids is 1. The number of aliphatic hydroxyl groups is 1. The number of hydrogen-bond donors (Lipinski definition) is 2. The Bertz CT molecular complexity index is 346. The van der Waals surface area contributed by atoms with Crippen LogP contribution in [0.15, 0.2) is 12.2 Å². The number of carboxylic acids is 1. The summed E-state index contributed by atoms with van der Waals surface area (Å²) in [6.07, 6.45) is 0.140. The molecule has 0 spiro atoms. The molecule has 7 heteroatoms. The monoisotopic (exact) mass is 274 g/mol. The lowest BCUT2D eigenvalue weighted by Crippen LogP contribution is -2.16. The molecule has 0 amide bonds. The quantitative estimate of drug-likeness (QED) is 0.521. The Hall–Kier alpha value is -1.89. The number of rotatable bonds is 1. The highest BCUT2D eigenvalue weighted by atomic mass is 16.5. The SMILES string of the molecule is C=C1CC(=O)OCCCCOC1=O.CC(O)C(=O)O. The van der Waals surface area contributed by atoms with Crippen LogP contribution in [0.2, 0.25) is 0 Å². The summed E-state index contributed by atoms with van der Waals surface area (Å²) in [6, 6.07) is 0. The number of hydrogen-bond acceptors (Lipinski definition) is 6. The maximum absolute atomic E-state index is 11.0. The van der Waals surface area contributed by atoms with Crippen molar-refractivity contribution >= 4 is 17.9 Å². The van der Waals surface area contributed by atoms with E-state index in [1.165, 1.54) is 6.92 Å². The predicted octanol–water partition coefficient (Wildman–Crippen LogP) is 0.265. The van der Waals surface area contributed by atoms with Crippen LogP contribution in [-0.2, 0) is 23.9 Å². The first kappa shape index (κ1) is 17.1. The minimum absolute atomic E-state index is 0.0706. The van der Waals surface area contributed by atoms with Crippen molar-refractivity contribution in [3.63, 3.8) is 0 Å². The second-order valence-corrected chi connectivity index (χ2v) is 3.86. The molecule has 1 heterocycles. The molecule has 1 aliphatic rings. The minimum atomic E-state index is -1.23. The molecule has 2 N–H and O–H groups in total. The van der Waals surface area contributed by atoms with Gasteiger partial charge in [-0.2, -0.15) is 0 Å². The Balaban J connectivity index is 0.000000459. The second kappa shape index (κ2) is 9.09. The highest BCUT2D eigenvalue weighted by Crippen LogP contribution is 2.06. The Labute approximate surface area is 110 Å². The van der Waals surface area contributed by atoms with Crippen molar-refractivity contribution in [3.8, 4) is 0 Å². The van der Waals surface area contributed by atoms with Gasteiger partial charge in [-0.05, 0) is 19.8 Å². The lowest BCUT2D eigenvalue weighted by Gasteiger charge is -2.10. The minimum Gasteiger partial charge on any atom is -0.479 e. The molecule has 1 saturated heterocycles. The van der Waals surface area contributed by atoms with E-state index in [1.54, 1.807) is 0 Å². The number of cyclic esters (lactones) is 2. The standard InChI is InChI=1S/C9H12O4.C3H6O3/c1-7-6-8(10)12-4-2-3-5-13-9(7)11;1-2(4)3(5)6/h1-6H2;2,4H,1H3,(H,5,6).